The Hall–Kier alpha value is -3.17. The molecule has 0 bridgehead atoms. The summed E-state index contributed by atoms with van der Waals surface area (Å²) in [4.78, 5) is 2.65. The summed E-state index contributed by atoms with van der Waals surface area (Å²) in [7, 11) is 1.84. The van der Waals surface area contributed by atoms with Gasteiger partial charge in [-0.1, -0.05) is 6.08 Å². The van der Waals surface area contributed by atoms with Crippen molar-refractivity contribution < 1.29 is 18.3 Å². The highest BCUT2D eigenvalue weighted by molar-refractivity contribution is 8.00. The zero-order chi connectivity index (χ0) is 22.7. The van der Waals surface area contributed by atoms with Gasteiger partial charge < -0.3 is 30.6 Å². The number of likely N-dealkylation sites (N-methyl/N-ethyl adjacent to an activating group) is 1. The molecule has 0 unspecified atom stereocenters. The van der Waals surface area contributed by atoms with Crippen molar-refractivity contribution in [2.24, 2.45) is 11.5 Å². The Labute approximate surface area is 189 Å². The first kappa shape index (κ1) is 22.0. The van der Waals surface area contributed by atoms with Crippen molar-refractivity contribution in [3.63, 3.8) is 0 Å². The quantitative estimate of drug-likeness (QED) is 0.567. The predicted octanol–water partition coefficient (Wildman–Crippen LogP) is 3.87. The molecule has 0 amide bonds. The van der Waals surface area contributed by atoms with Crippen molar-refractivity contribution in [1.29, 1.82) is 0 Å². The lowest BCUT2D eigenvalue weighted by atomic mass is 10.0. The lowest BCUT2D eigenvalue weighted by Crippen LogP contribution is -2.31. The summed E-state index contributed by atoms with van der Waals surface area (Å²) in [5.41, 5.74) is 13.4. The van der Waals surface area contributed by atoms with E-state index in [0.29, 0.717) is 37.1 Å². The van der Waals surface area contributed by atoms with Crippen LogP contribution in [-0.2, 0) is 0 Å². The second-order valence-corrected chi connectivity index (χ2v) is 8.24. The lowest BCUT2D eigenvalue weighted by molar-refractivity contribution is 0.171. The molecule has 4 rings (SSSR count). The van der Waals surface area contributed by atoms with E-state index in [4.69, 9.17) is 20.9 Å². The van der Waals surface area contributed by atoms with Crippen LogP contribution in [0.1, 0.15) is 5.56 Å². The molecule has 168 valence electrons. The van der Waals surface area contributed by atoms with Gasteiger partial charge in [0.05, 0.1) is 5.69 Å². The summed E-state index contributed by atoms with van der Waals surface area (Å²) in [6, 6.07) is 8.07. The first-order valence-electron chi connectivity index (χ1n) is 10.0. The van der Waals surface area contributed by atoms with Crippen LogP contribution in [0.2, 0.25) is 0 Å². The molecule has 2 heterocycles. The molecule has 2 aromatic rings. The Balaban J connectivity index is 1.51. The number of nitrogens with zero attached hydrogens (tertiary/aromatic N) is 1. The van der Waals surface area contributed by atoms with Crippen LogP contribution in [0.25, 0.3) is 6.08 Å². The SMILES string of the molecule is CN1CC(C=Cc2c(F)ccc(NSc3ccc4c(c3)OCCO4)c2F)=CC(CN)=C1N. The lowest BCUT2D eigenvalue weighted by Gasteiger charge is -2.26. The maximum atomic E-state index is 15.1. The summed E-state index contributed by atoms with van der Waals surface area (Å²) in [5.74, 6) is 0.601. The standard InChI is InChI=1S/C23H24F2N4O2S/c1-29-13-14(10-15(12-26)23(29)27)2-4-17-18(24)5-6-19(22(17)25)28-32-16-3-7-20-21(11-16)31-9-8-30-20/h2-7,10-11,28H,8-9,12-13,26-27H2,1H3. The Bertz CT molecular complexity index is 1120. The van der Waals surface area contributed by atoms with E-state index in [9.17, 15) is 4.39 Å². The number of fused-ring (bicyclic) bond motifs is 1. The second-order valence-electron chi connectivity index (χ2n) is 7.36. The molecular weight excluding hydrogens is 434 g/mol. The number of nitrogens with one attached hydrogen (secondary N) is 1. The number of ether oxygens (including phenoxy) is 2. The van der Waals surface area contributed by atoms with Crippen LogP contribution < -0.4 is 25.7 Å². The smallest absolute Gasteiger partial charge is 0.162 e. The molecule has 0 radical (unpaired) electrons. The Kier molecular flexibility index (Phi) is 6.57. The van der Waals surface area contributed by atoms with Gasteiger partial charge in [0.2, 0.25) is 0 Å². The van der Waals surface area contributed by atoms with Gasteiger partial charge >= 0.3 is 0 Å². The molecule has 6 nitrogen and oxygen atoms in total. The van der Waals surface area contributed by atoms with Gasteiger partial charge in [0.15, 0.2) is 17.3 Å². The van der Waals surface area contributed by atoms with Gasteiger partial charge in [-0.05, 0) is 60.0 Å². The van der Waals surface area contributed by atoms with Gasteiger partial charge in [0, 0.05) is 36.2 Å². The van der Waals surface area contributed by atoms with E-state index in [1.165, 1.54) is 30.2 Å². The number of nitrogens with two attached hydrogens (primary N) is 2. The molecule has 0 spiro atoms. The topological polar surface area (TPSA) is 85.8 Å². The number of hydrogen-bond donors (Lipinski definition) is 3. The van der Waals surface area contributed by atoms with E-state index in [-0.39, 0.29) is 17.8 Å². The molecule has 0 fully saturated rings. The van der Waals surface area contributed by atoms with Crippen LogP contribution in [-0.4, -0.2) is 38.3 Å². The van der Waals surface area contributed by atoms with Crippen molar-refractivity contribution in [3.8, 4) is 11.5 Å². The summed E-state index contributed by atoms with van der Waals surface area (Å²) in [6.07, 6.45) is 4.96. The largest absolute Gasteiger partial charge is 0.486 e. The van der Waals surface area contributed by atoms with Crippen molar-refractivity contribution in [3.05, 3.63) is 76.6 Å². The highest BCUT2D eigenvalue weighted by atomic mass is 32.2. The minimum atomic E-state index is -0.676. The molecule has 0 atom stereocenters. The van der Waals surface area contributed by atoms with Crippen LogP contribution in [0.4, 0.5) is 14.5 Å². The molecule has 32 heavy (non-hydrogen) atoms. The van der Waals surface area contributed by atoms with Crippen LogP contribution in [0.15, 0.2) is 64.3 Å². The molecule has 0 saturated heterocycles. The number of hydrogen-bond acceptors (Lipinski definition) is 7. The van der Waals surface area contributed by atoms with Crippen molar-refractivity contribution >= 4 is 23.7 Å². The van der Waals surface area contributed by atoms with Gasteiger partial charge in [-0.15, -0.1) is 0 Å². The number of rotatable bonds is 6. The third-order valence-electron chi connectivity index (χ3n) is 5.12. The van der Waals surface area contributed by atoms with Gasteiger partial charge in [-0.2, -0.15) is 0 Å². The van der Waals surface area contributed by atoms with Gasteiger partial charge in [0.25, 0.3) is 0 Å². The normalized spacial score (nSPS) is 15.9. The summed E-state index contributed by atoms with van der Waals surface area (Å²) < 4.78 is 43.5. The first-order valence-corrected chi connectivity index (χ1v) is 10.9. The van der Waals surface area contributed by atoms with Crippen LogP contribution >= 0.6 is 11.9 Å². The fourth-order valence-electron chi connectivity index (χ4n) is 3.40. The van der Waals surface area contributed by atoms with E-state index >= 15 is 4.39 Å². The third-order valence-corrected chi connectivity index (χ3v) is 5.93. The van der Waals surface area contributed by atoms with Gasteiger partial charge in [0.1, 0.15) is 24.9 Å². The Morgan fingerprint density at radius 3 is 2.69 bits per heavy atom. The minimum absolute atomic E-state index is 0.127. The average Bonchev–Trinajstić information content (AvgIpc) is 2.80. The van der Waals surface area contributed by atoms with E-state index < -0.39 is 11.6 Å². The van der Waals surface area contributed by atoms with E-state index in [1.807, 2.05) is 30.2 Å². The maximum Gasteiger partial charge on any atom is 0.162 e. The van der Waals surface area contributed by atoms with E-state index in [1.54, 1.807) is 12.1 Å². The van der Waals surface area contributed by atoms with E-state index in [2.05, 4.69) is 4.72 Å². The minimum Gasteiger partial charge on any atom is -0.486 e. The number of halogens is 2. The summed E-state index contributed by atoms with van der Waals surface area (Å²) in [5, 5.41) is 0. The van der Waals surface area contributed by atoms with Crippen molar-refractivity contribution in [1.82, 2.24) is 4.90 Å². The van der Waals surface area contributed by atoms with Crippen molar-refractivity contribution in [2.45, 2.75) is 4.90 Å². The van der Waals surface area contributed by atoms with Crippen LogP contribution in [0, 0.1) is 11.6 Å². The van der Waals surface area contributed by atoms with Gasteiger partial charge in [-0.25, -0.2) is 8.78 Å². The molecule has 2 aromatic carbocycles. The van der Waals surface area contributed by atoms with E-state index in [0.717, 1.165) is 16.0 Å². The summed E-state index contributed by atoms with van der Waals surface area (Å²) >= 11 is 1.20. The second kappa shape index (κ2) is 9.54. The molecule has 0 saturated carbocycles. The Morgan fingerprint density at radius 1 is 1.12 bits per heavy atom. The zero-order valence-electron chi connectivity index (χ0n) is 17.5. The molecule has 0 aliphatic carbocycles. The average molecular weight is 459 g/mol. The first-order chi connectivity index (χ1) is 15.5. The molecule has 2 aliphatic rings. The summed E-state index contributed by atoms with van der Waals surface area (Å²) in [6.45, 7) is 1.80. The fourth-order valence-corrected chi connectivity index (χ4v) is 4.09. The Morgan fingerprint density at radius 2 is 1.91 bits per heavy atom. The molecule has 9 heteroatoms. The maximum absolute atomic E-state index is 15.1. The molecule has 5 N–H and O–H groups in total. The number of anilines is 1. The highest BCUT2D eigenvalue weighted by Gasteiger charge is 2.16. The zero-order valence-corrected chi connectivity index (χ0v) is 18.3. The predicted molar refractivity (Wildman–Crippen MR) is 123 cm³/mol. The molecular formula is C23H24F2N4O2S. The van der Waals surface area contributed by atoms with Crippen LogP contribution in [0.5, 0.6) is 11.5 Å². The van der Waals surface area contributed by atoms with Crippen molar-refractivity contribution in [2.75, 3.05) is 38.1 Å². The third kappa shape index (κ3) is 4.68. The monoisotopic (exact) mass is 458 g/mol. The molecule has 2 aliphatic heterocycles. The highest BCUT2D eigenvalue weighted by Crippen LogP contribution is 2.35. The number of benzene rings is 2. The molecule has 0 aromatic heterocycles. The van der Waals surface area contributed by atoms with Crippen LogP contribution in [0.3, 0.4) is 0 Å². The van der Waals surface area contributed by atoms with Gasteiger partial charge in [-0.3, -0.25) is 0 Å². The fraction of sp³-hybridized carbons (Fsp3) is 0.217.